The molecule has 0 atom stereocenters. The van der Waals surface area contributed by atoms with Gasteiger partial charge in [-0.15, -0.1) is 10.2 Å². The van der Waals surface area contributed by atoms with E-state index in [0.29, 0.717) is 29.8 Å². The molecule has 166 valence electrons. The number of nitrogens with zero attached hydrogens (tertiary/aromatic N) is 3. The highest BCUT2D eigenvalue weighted by atomic mass is 32.1. The first-order chi connectivity index (χ1) is 14.7. The predicted octanol–water partition coefficient (Wildman–Crippen LogP) is 2.48. The third-order valence-corrected chi connectivity index (χ3v) is 4.84. The van der Waals surface area contributed by atoms with Crippen LogP contribution < -0.4 is 16.8 Å². The van der Waals surface area contributed by atoms with E-state index in [1.807, 2.05) is 0 Å². The summed E-state index contributed by atoms with van der Waals surface area (Å²) in [5.41, 5.74) is 11.3. The van der Waals surface area contributed by atoms with Gasteiger partial charge in [0.15, 0.2) is 11.3 Å². The van der Waals surface area contributed by atoms with Crippen molar-refractivity contribution in [3.8, 4) is 0 Å². The highest BCUT2D eigenvalue weighted by Gasteiger charge is 2.30. The summed E-state index contributed by atoms with van der Waals surface area (Å²) >= 11 is 1.25. The van der Waals surface area contributed by atoms with E-state index in [4.69, 9.17) is 11.5 Å². The second-order valence-electron chi connectivity index (χ2n) is 6.48. The average molecular weight is 454 g/mol. The Labute approximate surface area is 180 Å². The first-order valence-electron chi connectivity index (χ1n) is 9.18. The number of carbonyl (C=O) groups excluding carboxylic acids is 2. The Hall–Kier alpha value is -3.28. The van der Waals surface area contributed by atoms with Crippen LogP contribution in [-0.4, -0.2) is 27.4 Å². The van der Waals surface area contributed by atoms with Gasteiger partial charge in [-0.3, -0.25) is 14.6 Å². The lowest BCUT2D eigenvalue weighted by Crippen LogP contribution is -2.29. The second-order valence-corrected chi connectivity index (χ2v) is 7.57. The zero-order chi connectivity index (χ0) is 22.9. The molecule has 0 aliphatic heterocycles. The molecule has 0 aliphatic rings. The van der Waals surface area contributed by atoms with Crippen molar-refractivity contribution >= 4 is 23.5 Å². The number of nitrogens with one attached hydrogen (secondary N) is 1. The summed E-state index contributed by atoms with van der Waals surface area (Å²) in [7, 11) is 0. The monoisotopic (exact) mass is 454 g/mol. The number of nitrogens with two attached hydrogens (primary N) is 2. The van der Waals surface area contributed by atoms with Crippen LogP contribution in [0.3, 0.4) is 0 Å². The summed E-state index contributed by atoms with van der Waals surface area (Å²) in [6.07, 6.45) is 2.62. The molecule has 0 fully saturated rings. The quantitative estimate of drug-likeness (QED) is 0.285. The molecular formula is C19H21F3N6O2S. The van der Waals surface area contributed by atoms with E-state index in [1.165, 1.54) is 17.4 Å². The number of aromatic nitrogens is 3. The van der Waals surface area contributed by atoms with Crippen LogP contribution in [0, 0.1) is 0 Å². The Balaban J connectivity index is 1.76. The molecule has 0 unspecified atom stereocenters. The summed E-state index contributed by atoms with van der Waals surface area (Å²) in [5, 5.41) is 11.1. The van der Waals surface area contributed by atoms with Crippen LogP contribution in [0.15, 0.2) is 42.0 Å². The smallest absolute Gasteiger partial charge is 0.402 e. The van der Waals surface area contributed by atoms with Crippen molar-refractivity contribution in [3.63, 3.8) is 0 Å². The van der Waals surface area contributed by atoms with Crippen LogP contribution in [-0.2, 0) is 23.8 Å². The number of carbonyl (C=O) groups is 2. The first kappa shape index (κ1) is 24.0. The van der Waals surface area contributed by atoms with Gasteiger partial charge in [0.1, 0.15) is 10.8 Å². The van der Waals surface area contributed by atoms with Gasteiger partial charge >= 0.3 is 6.18 Å². The standard InChI is InChI=1S/C19H21F3N6O2S/c20-19(21,22)12-7-8-25-14(9-12)10-16(30)26-15(24)6-5-13(23)3-1-2-4-17-27-28-18(11-29)31-17/h5-9,11H,1-4,10,23-24H2,(H,26,30)/b13-5-,15-6+. The maximum absolute atomic E-state index is 12.7. The van der Waals surface area contributed by atoms with E-state index in [-0.39, 0.29) is 17.9 Å². The molecule has 8 nitrogen and oxygen atoms in total. The van der Waals surface area contributed by atoms with Gasteiger partial charge in [0.05, 0.1) is 17.7 Å². The van der Waals surface area contributed by atoms with Gasteiger partial charge in [-0.25, -0.2) is 0 Å². The van der Waals surface area contributed by atoms with Crippen LogP contribution in [0.25, 0.3) is 0 Å². The summed E-state index contributed by atoms with van der Waals surface area (Å²) in [4.78, 5) is 26.3. The number of pyridine rings is 1. The zero-order valence-electron chi connectivity index (χ0n) is 16.4. The topological polar surface area (TPSA) is 137 Å². The van der Waals surface area contributed by atoms with Gasteiger partial charge in [0.25, 0.3) is 0 Å². The van der Waals surface area contributed by atoms with Gasteiger partial charge in [0, 0.05) is 18.3 Å². The van der Waals surface area contributed by atoms with Crippen LogP contribution in [0.2, 0.25) is 0 Å². The molecule has 5 N–H and O–H groups in total. The predicted molar refractivity (Wildman–Crippen MR) is 108 cm³/mol. The minimum Gasteiger partial charge on any atom is -0.402 e. The molecule has 2 aromatic rings. The molecule has 0 saturated carbocycles. The van der Waals surface area contributed by atoms with Crippen molar-refractivity contribution in [1.82, 2.24) is 20.5 Å². The normalized spacial score (nSPS) is 12.6. The first-order valence-corrected chi connectivity index (χ1v) is 10.0. The second kappa shape index (κ2) is 11.2. The number of rotatable bonds is 10. The zero-order valence-corrected chi connectivity index (χ0v) is 17.2. The van der Waals surface area contributed by atoms with Gasteiger partial charge < -0.3 is 16.8 Å². The van der Waals surface area contributed by atoms with Crippen LogP contribution >= 0.6 is 11.3 Å². The lowest BCUT2D eigenvalue weighted by molar-refractivity contribution is -0.137. The molecule has 0 bridgehead atoms. The van der Waals surface area contributed by atoms with Crippen molar-refractivity contribution in [1.29, 1.82) is 0 Å². The van der Waals surface area contributed by atoms with E-state index in [1.54, 1.807) is 6.08 Å². The number of unbranched alkanes of at least 4 members (excludes halogenated alkanes) is 1. The molecule has 0 radical (unpaired) electrons. The molecule has 31 heavy (non-hydrogen) atoms. The Morgan fingerprint density at radius 1 is 1.19 bits per heavy atom. The van der Waals surface area contributed by atoms with E-state index >= 15 is 0 Å². The van der Waals surface area contributed by atoms with Gasteiger partial charge in [-0.2, -0.15) is 13.2 Å². The van der Waals surface area contributed by atoms with Crippen molar-refractivity contribution in [2.75, 3.05) is 0 Å². The lowest BCUT2D eigenvalue weighted by atomic mass is 10.1. The average Bonchev–Trinajstić information content (AvgIpc) is 3.17. The van der Waals surface area contributed by atoms with Gasteiger partial charge in [-0.05, 0) is 43.5 Å². The Morgan fingerprint density at radius 3 is 2.65 bits per heavy atom. The number of hydrogen-bond donors (Lipinski definition) is 3. The molecule has 12 heteroatoms. The number of alkyl halides is 3. The van der Waals surface area contributed by atoms with E-state index in [2.05, 4.69) is 20.5 Å². The summed E-state index contributed by atoms with van der Waals surface area (Å²) < 4.78 is 38.1. The lowest BCUT2D eigenvalue weighted by Gasteiger charge is -2.08. The van der Waals surface area contributed by atoms with E-state index in [9.17, 15) is 22.8 Å². The Morgan fingerprint density at radius 2 is 1.97 bits per heavy atom. The number of hydrogen-bond acceptors (Lipinski definition) is 8. The molecule has 2 rings (SSSR count). The number of aryl methyl sites for hydroxylation is 1. The van der Waals surface area contributed by atoms with Crippen LogP contribution in [0.1, 0.15) is 45.3 Å². The van der Waals surface area contributed by atoms with Crippen molar-refractivity contribution < 1.29 is 22.8 Å². The molecule has 0 aromatic carbocycles. The maximum Gasteiger partial charge on any atom is 0.416 e. The van der Waals surface area contributed by atoms with Gasteiger partial charge in [0.2, 0.25) is 5.91 Å². The summed E-state index contributed by atoms with van der Waals surface area (Å²) in [5.74, 6) is -0.588. The molecular weight excluding hydrogens is 433 g/mol. The fraction of sp³-hybridized carbons (Fsp3) is 0.316. The number of amides is 1. The van der Waals surface area contributed by atoms with Crippen LogP contribution in [0.4, 0.5) is 13.2 Å². The third kappa shape index (κ3) is 8.54. The molecule has 0 saturated heterocycles. The minimum atomic E-state index is -4.51. The SMILES string of the molecule is N/C(=C\C=C(/N)NC(=O)Cc1cc(C(F)(F)F)ccn1)CCCCc1nnc(C=O)s1. The fourth-order valence-corrected chi connectivity index (χ4v) is 3.16. The van der Waals surface area contributed by atoms with Crippen LogP contribution in [0.5, 0.6) is 0 Å². The molecule has 2 heterocycles. The molecule has 0 aliphatic carbocycles. The van der Waals surface area contributed by atoms with Crippen molar-refractivity contribution in [2.45, 2.75) is 38.3 Å². The fourth-order valence-electron chi connectivity index (χ4n) is 2.46. The summed E-state index contributed by atoms with van der Waals surface area (Å²) in [6, 6.07) is 1.65. The van der Waals surface area contributed by atoms with Gasteiger partial charge in [-0.1, -0.05) is 11.3 Å². The van der Waals surface area contributed by atoms with Crippen molar-refractivity contribution in [3.05, 3.63) is 63.3 Å². The Kier molecular flexibility index (Phi) is 8.67. The largest absolute Gasteiger partial charge is 0.416 e. The highest BCUT2D eigenvalue weighted by Crippen LogP contribution is 2.29. The molecule has 2 aromatic heterocycles. The van der Waals surface area contributed by atoms with E-state index in [0.717, 1.165) is 36.2 Å². The highest BCUT2D eigenvalue weighted by molar-refractivity contribution is 7.12. The molecule has 0 spiro atoms. The Bertz CT molecular complexity index is 972. The molecule has 1 amide bonds. The van der Waals surface area contributed by atoms with Crippen molar-refractivity contribution in [2.24, 2.45) is 11.5 Å². The summed E-state index contributed by atoms with van der Waals surface area (Å²) in [6.45, 7) is 0. The number of allylic oxidation sites excluding steroid dienone is 3. The minimum absolute atomic E-state index is 0.00942. The third-order valence-electron chi connectivity index (χ3n) is 3.94. The number of aldehydes is 1. The van der Waals surface area contributed by atoms with E-state index < -0.39 is 17.6 Å². The maximum atomic E-state index is 12.7. The number of halogens is 3.